The molecule has 74 heavy (non-hydrogen) atoms. The first-order chi connectivity index (χ1) is 35.8. The van der Waals surface area contributed by atoms with E-state index >= 15 is 4.39 Å². The lowest BCUT2D eigenvalue weighted by atomic mass is 9.80. The molecule has 0 unspecified atom stereocenters. The number of aliphatic carboxylic acids is 1. The molecule has 3 fully saturated rings. The Morgan fingerprint density at radius 2 is 1.70 bits per heavy atom. The van der Waals surface area contributed by atoms with Gasteiger partial charge in [0.05, 0.1) is 54.2 Å². The number of aromatic nitrogens is 4. The van der Waals surface area contributed by atoms with Gasteiger partial charge in [-0.2, -0.15) is 0 Å². The van der Waals surface area contributed by atoms with Gasteiger partial charge in [-0.05, 0) is 105 Å². The predicted octanol–water partition coefficient (Wildman–Crippen LogP) is 9.72. The van der Waals surface area contributed by atoms with Crippen LogP contribution in [0.2, 0.25) is 10.0 Å². The normalized spacial score (nSPS) is 22.9. The Morgan fingerprint density at radius 3 is 2.43 bits per heavy atom. The van der Waals surface area contributed by atoms with Crippen molar-refractivity contribution in [1.29, 1.82) is 0 Å². The summed E-state index contributed by atoms with van der Waals surface area (Å²) in [4.78, 5) is 37.8. The third kappa shape index (κ3) is 11.7. The van der Waals surface area contributed by atoms with Crippen LogP contribution in [0.1, 0.15) is 59.8 Å². The lowest BCUT2D eigenvalue weighted by Crippen LogP contribution is -2.49. The van der Waals surface area contributed by atoms with Crippen molar-refractivity contribution in [2.45, 2.75) is 82.5 Å². The predicted molar refractivity (Wildman–Crippen MR) is 277 cm³/mol. The minimum Gasteiger partial charge on any atom is -0.490 e. The van der Waals surface area contributed by atoms with Gasteiger partial charge in [-0.3, -0.25) is 4.90 Å². The third-order valence-electron chi connectivity index (χ3n) is 14.3. The number of hydrogen-bond donors (Lipinski definition) is 1. The Kier molecular flexibility index (Phi) is 16.1. The topological polar surface area (TPSA) is 160 Å². The van der Waals surface area contributed by atoms with Gasteiger partial charge in [0, 0.05) is 67.3 Å². The van der Waals surface area contributed by atoms with Gasteiger partial charge in [0.25, 0.3) is 0 Å². The average molecular weight is 1080 g/mol. The molecular formula is C54H58Cl2F2N6O9S. The van der Waals surface area contributed by atoms with Gasteiger partial charge in [0.2, 0.25) is 12.0 Å². The number of alkyl halides is 1. The number of fused-ring (bicyclic) bond motifs is 7. The number of carboxylic acid groups (broad SMARTS) is 1. The number of carbonyl (C=O) groups is 1. The van der Waals surface area contributed by atoms with Crippen molar-refractivity contribution in [2.24, 2.45) is 0 Å². The van der Waals surface area contributed by atoms with E-state index in [0.29, 0.717) is 129 Å². The van der Waals surface area contributed by atoms with Crippen LogP contribution in [0, 0.1) is 19.7 Å². The van der Waals surface area contributed by atoms with E-state index in [4.69, 9.17) is 61.3 Å². The number of nitrogens with zero attached hydrogens (tertiary/aromatic N) is 6. The van der Waals surface area contributed by atoms with Crippen LogP contribution in [0.4, 0.5) is 8.78 Å². The smallest absolute Gasteiger partial charge is 0.345 e. The van der Waals surface area contributed by atoms with E-state index in [0.717, 1.165) is 26.2 Å². The number of thiophene rings is 1. The quantitative estimate of drug-likeness (QED) is 0.123. The summed E-state index contributed by atoms with van der Waals surface area (Å²) in [6, 6.07) is 13.1. The summed E-state index contributed by atoms with van der Waals surface area (Å²) >= 11 is 16.0. The van der Waals surface area contributed by atoms with Gasteiger partial charge < -0.3 is 43.2 Å². The van der Waals surface area contributed by atoms with Crippen molar-refractivity contribution in [3.05, 3.63) is 105 Å². The van der Waals surface area contributed by atoms with Crippen LogP contribution >= 0.6 is 34.5 Å². The first-order valence-corrected chi connectivity index (χ1v) is 26.5. The molecule has 7 heterocycles. The number of halogens is 4. The standard InChI is InChI=1S/C54H58Cl2F2N6O9S/c1-31-43-32(2)47(56)48(46(31)55)72-39(24-64-18-16-63(3)17-19-64)28-70-38-8-9-41(71-25-37-12-15-59-50(62-37)34-10-13-54(58,14-11-34)29-68-27-40-26-67-20-21-69-40)35(22-38)23-42(53(65)66)73-51-45-44(43)49(74-52(45)61-30-60-51)33-4-6-36(57)7-5-33/h4-9,12,15,22,30,34,39-40,42H,10-11,13-14,16-21,23-29H2,1-3H3,(H,65,66)/t34-,39-,40+,42-,54-/m1/s1. The first-order valence-electron chi connectivity index (χ1n) is 24.9. The number of piperazine rings is 1. The second kappa shape index (κ2) is 22.9. The van der Waals surface area contributed by atoms with Gasteiger partial charge in [0.15, 0.2) is 5.75 Å². The molecule has 3 aromatic heterocycles. The molecule has 11 rings (SSSR count). The molecule has 1 aliphatic carbocycles. The van der Waals surface area contributed by atoms with E-state index in [2.05, 4.69) is 31.8 Å². The van der Waals surface area contributed by atoms with Crippen molar-refractivity contribution >= 4 is 50.7 Å². The number of benzene rings is 3. The van der Waals surface area contributed by atoms with Gasteiger partial charge in [-0.25, -0.2) is 33.5 Å². The summed E-state index contributed by atoms with van der Waals surface area (Å²) in [5.74, 6) is 0.0324. The fourth-order valence-corrected chi connectivity index (χ4v) is 11.8. The summed E-state index contributed by atoms with van der Waals surface area (Å²) in [5.41, 5.74) is 2.84. The molecule has 20 heteroatoms. The minimum absolute atomic E-state index is 0.00668. The highest BCUT2D eigenvalue weighted by Crippen LogP contribution is 2.53. The Morgan fingerprint density at radius 1 is 0.932 bits per heavy atom. The molecule has 0 spiro atoms. The molecule has 0 radical (unpaired) electrons. The second-order valence-corrected chi connectivity index (χ2v) is 21.3. The molecule has 1 saturated carbocycles. The van der Waals surface area contributed by atoms with E-state index in [9.17, 15) is 14.3 Å². The van der Waals surface area contributed by atoms with E-state index in [1.165, 1.54) is 29.8 Å². The molecule has 392 valence electrons. The fraction of sp³-hybridized carbons (Fsp3) is 0.463. The van der Waals surface area contributed by atoms with Crippen molar-refractivity contribution in [3.8, 4) is 44.7 Å². The molecule has 15 nitrogen and oxygen atoms in total. The molecule has 0 amide bonds. The minimum atomic E-state index is -1.49. The lowest BCUT2D eigenvalue weighted by molar-refractivity contribution is -0.145. The molecular weight excluding hydrogens is 1020 g/mol. The number of hydrogen-bond acceptors (Lipinski definition) is 15. The highest BCUT2D eigenvalue weighted by Gasteiger charge is 2.38. The number of likely N-dealkylation sites (N-methyl/N-ethyl adjacent to an activating group) is 1. The molecule has 6 aromatic rings. The van der Waals surface area contributed by atoms with E-state index in [-0.39, 0.29) is 60.8 Å². The van der Waals surface area contributed by atoms with Gasteiger partial charge in [-0.15, -0.1) is 11.3 Å². The molecule has 3 aromatic carbocycles. The average Bonchev–Trinajstić information content (AvgIpc) is 3.79. The SMILES string of the molecule is Cc1c(Cl)c2c(Cl)c(C)c1-c1c(-c3ccc(F)cc3)sc3ncnc(c13)O[C@@H](C(=O)O)Cc1cc(ccc1OCc1ccnc([C@H]3CC[C@@](F)(COC[C@@H]4COCCO4)CC3)n1)OC[C@@H](CN1CCN(C)CC1)O2. The molecule has 1 N–H and O–H groups in total. The highest BCUT2D eigenvalue weighted by molar-refractivity contribution is 7.22. The Balaban J connectivity index is 0.969. The zero-order chi connectivity index (χ0) is 51.5. The van der Waals surface area contributed by atoms with Crippen LogP contribution < -0.4 is 18.9 Å². The maximum absolute atomic E-state index is 15.9. The summed E-state index contributed by atoms with van der Waals surface area (Å²) in [7, 11) is 2.10. The third-order valence-corrected chi connectivity index (χ3v) is 16.3. The Bertz CT molecular complexity index is 2940. The zero-order valence-electron chi connectivity index (χ0n) is 41.4. The maximum atomic E-state index is 15.9. The molecule has 5 aliphatic rings. The molecule has 4 aliphatic heterocycles. The van der Waals surface area contributed by atoms with Crippen LogP contribution in [-0.4, -0.2) is 144 Å². The lowest BCUT2D eigenvalue weighted by Gasteiger charge is -2.35. The monoisotopic (exact) mass is 1070 g/mol. The van der Waals surface area contributed by atoms with E-state index in [1.54, 1.807) is 42.6 Å². The Hall–Kier alpha value is -5.31. The van der Waals surface area contributed by atoms with E-state index in [1.807, 2.05) is 13.8 Å². The number of ether oxygens (including phenoxy) is 7. The van der Waals surface area contributed by atoms with Crippen molar-refractivity contribution in [3.63, 3.8) is 0 Å². The van der Waals surface area contributed by atoms with E-state index < -0.39 is 29.7 Å². The van der Waals surface area contributed by atoms with Crippen LogP contribution in [-0.2, 0) is 32.0 Å². The number of carboxylic acids is 1. The maximum Gasteiger partial charge on any atom is 0.345 e. The highest BCUT2D eigenvalue weighted by atomic mass is 35.5. The number of rotatable bonds is 12. The van der Waals surface area contributed by atoms with Gasteiger partial charge in [0.1, 0.15) is 65.4 Å². The zero-order valence-corrected chi connectivity index (χ0v) is 43.7. The van der Waals surface area contributed by atoms with Gasteiger partial charge >= 0.3 is 5.97 Å². The summed E-state index contributed by atoms with van der Waals surface area (Å²) < 4.78 is 73.5. The van der Waals surface area contributed by atoms with Crippen molar-refractivity contribution in [1.82, 2.24) is 29.7 Å². The second-order valence-electron chi connectivity index (χ2n) is 19.5. The largest absolute Gasteiger partial charge is 0.490 e. The van der Waals surface area contributed by atoms with Crippen molar-refractivity contribution in [2.75, 3.05) is 79.4 Å². The van der Waals surface area contributed by atoms with Crippen molar-refractivity contribution < 1.29 is 51.8 Å². The van der Waals surface area contributed by atoms with Crippen LogP contribution in [0.25, 0.3) is 31.8 Å². The van der Waals surface area contributed by atoms with Crippen LogP contribution in [0.15, 0.2) is 61.1 Å². The first kappa shape index (κ1) is 52.1. The fourth-order valence-electron chi connectivity index (χ4n) is 10.1. The Labute approximate surface area is 442 Å². The summed E-state index contributed by atoms with van der Waals surface area (Å²) in [6.45, 7) is 9.57. The molecule has 2 saturated heterocycles. The summed E-state index contributed by atoms with van der Waals surface area (Å²) in [5, 5.41) is 11.9. The van der Waals surface area contributed by atoms with Crippen LogP contribution in [0.3, 0.4) is 0 Å². The van der Waals surface area contributed by atoms with Gasteiger partial charge in [-0.1, -0.05) is 35.3 Å². The van der Waals surface area contributed by atoms with Crippen LogP contribution in [0.5, 0.6) is 23.1 Å². The summed E-state index contributed by atoms with van der Waals surface area (Å²) in [6.07, 6.45) is 2.34. The molecule has 3 atom stereocenters. The molecule has 4 bridgehead atoms.